The number of likely N-dealkylation sites (tertiary alicyclic amines) is 1. The average molecular weight is 290 g/mol. The SMILES string of the molecule is CCCN1CCC(NC(=O)[C@H](C)Oc2ccccc2)CC1. The summed E-state index contributed by atoms with van der Waals surface area (Å²) in [6.07, 6.45) is 2.80. The van der Waals surface area contributed by atoms with E-state index in [1.807, 2.05) is 30.3 Å². The predicted octanol–water partition coefficient (Wildman–Crippen LogP) is 2.44. The molecule has 1 aromatic rings. The highest BCUT2D eigenvalue weighted by molar-refractivity contribution is 5.81. The van der Waals surface area contributed by atoms with Crippen molar-refractivity contribution < 1.29 is 9.53 Å². The minimum absolute atomic E-state index is 0.0206. The molecule has 1 atom stereocenters. The number of piperidine rings is 1. The van der Waals surface area contributed by atoms with Gasteiger partial charge < -0.3 is 15.0 Å². The zero-order valence-electron chi connectivity index (χ0n) is 13.0. The molecule has 0 radical (unpaired) electrons. The van der Waals surface area contributed by atoms with Gasteiger partial charge in [0.15, 0.2) is 6.10 Å². The minimum Gasteiger partial charge on any atom is -0.481 e. The molecule has 4 heteroatoms. The second kappa shape index (κ2) is 8.03. The molecule has 0 unspecified atom stereocenters. The number of rotatable bonds is 6. The molecule has 1 fully saturated rings. The zero-order chi connectivity index (χ0) is 15.1. The normalized spacial score (nSPS) is 18.2. The van der Waals surface area contributed by atoms with Gasteiger partial charge in [0, 0.05) is 19.1 Å². The van der Waals surface area contributed by atoms with Crippen LogP contribution in [0.15, 0.2) is 30.3 Å². The summed E-state index contributed by atoms with van der Waals surface area (Å²) in [4.78, 5) is 14.6. The van der Waals surface area contributed by atoms with Crippen LogP contribution in [0.3, 0.4) is 0 Å². The molecule has 21 heavy (non-hydrogen) atoms. The fourth-order valence-corrected chi connectivity index (χ4v) is 2.69. The number of carbonyl (C=O) groups excluding carboxylic acids is 1. The van der Waals surface area contributed by atoms with Gasteiger partial charge in [-0.1, -0.05) is 25.1 Å². The first-order valence-corrected chi connectivity index (χ1v) is 7.93. The van der Waals surface area contributed by atoms with E-state index in [0.717, 1.165) is 38.2 Å². The Morgan fingerprint density at radius 3 is 2.62 bits per heavy atom. The van der Waals surface area contributed by atoms with Crippen LogP contribution in [0.25, 0.3) is 0 Å². The molecule has 1 aromatic carbocycles. The van der Waals surface area contributed by atoms with Crippen molar-refractivity contribution in [3.8, 4) is 5.75 Å². The van der Waals surface area contributed by atoms with Gasteiger partial charge in [0.25, 0.3) is 5.91 Å². The van der Waals surface area contributed by atoms with Crippen LogP contribution >= 0.6 is 0 Å². The summed E-state index contributed by atoms with van der Waals surface area (Å²) in [5, 5.41) is 3.11. The summed E-state index contributed by atoms with van der Waals surface area (Å²) in [5.41, 5.74) is 0. The van der Waals surface area contributed by atoms with E-state index in [4.69, 9.17) is 4.74 Å². The van der Waals surface area contributed by atoms with Crippen molar-refractivity contribution in [1.29, 1.82) is 0 Å². The van der Waals surface area contributed by atoms with Crippen LogP contribution in [0.2, 0.25) is 0 Å². The number of ether oxygens (including phenoxy) is 1. The highest BCUT2D eigenvalue weighted by atomic mass is 16.5. The first-order chi connectivity index (χ1) is 10.2. The summed E-state index contributed by atoms with van der Waals surface area (Å²) >= 11 is 0. The second-order valence-electron chi connectivity index (χ2n) is 5.70. The third-order valence-electron chi connectivity index (χ3n) is 3.90. The van der Waals surface area contributed by atoms with Crippen LogP contribution in [0.4, 0.5) is 0 Å². The topological polar surface area (TPSA) is 41.6 Å². The molecular weight excluding hydrogens is 264 g/mol. The molecule has 1 saturated heterocycles. The van der Waals surface area contributed by atoms with Crippen LogP contribution in [0.5, 0.6) is 5.75 Å². The van der Waals surface area contributed by atoms with E-state index in [1.165, 1.54) is 6.42 Å². The van der Waals surface area contributed by atoms with Crippen molar-refractivity contribution in [3.05, 3.63) is 30.3 Å². The number of amides is 1. The van der Waals surface area contributed by atoms with Crippen molar-refractivity contribution in [2.24, 2.45) is 0 Å². The quantitative estimate of drug-likeness (QED) is 0.875. The molecule has 116 valence electrons. The van der Waals surface area contributed by atoms with E-state index in [-0.39, 0.29) is 11.9 Å². The van der Waals surface area contributed by atoms with Gasteiger partial charge in [-0.3, -0.25) is 4.79 Å². The Hall–Kier alpha value is -1.55. The maximum atomic E-state index is 12.2. The molecule has 2 rings (SSSR count). The number of hydrogen-bond donors (Lipinski definition) is 1. The summed E-state index contributed by atoms with van der Waals surface area (Å²) in [7, 11) is 0. The maximum absolute atomic E-state index is 12.2. The third-order valence-corrected chi connectivity index (χ3v) is 3.90. The fraction of sp³-hybridized carbons (Fsp3) is 0.588. The Morgan fingerprint density at radius 1 is 1.33 bits per heavy atom. The standard InChI is InChI=1S/C17H26N2O2/c1-3-11-19-12-9-15(10-13-19)18-17(20)14(2)21-16-7-5-4-6-8-16/h4-8,14-15H,3,9-13H2,1-2H3,(H,18,20)/t14-/m0/s1. The second-order valence-corrected chi connectivity index (χ2v) is 5.70. The Kier molecular flexibility index (Phi) is 6.05. The van der Waals surface area contributed by atoms with Gasteiger partial charge in [0.05, 0.1) is 0 Å². The lowest BCUT2D eigenvalue weighted by atomic mass is 10.0. The number of para-hydroxylation sites is 1. The van der Waals surface area contributed by atoms with Gasteiger partial charge in [-0.2, -0.15) is 0 Å². The lowest BCUT2D eigenvalue weighted by Gasteiger charge is -2.32. The van der Waals surface area contributed by atoms with Gasteiger partial charge in [-0.05, 0) is 44.9 Å². The van der Waals surface area contributed by atoms with E-state index in [9.17, 15) is 4.79 Å². The number of benzene rings is 1. The van der Waals surface area contributed by atoms with E-state index in [2.05, 4.69) is 17.1 Å². The molecule has 0 spiro atoms. The average Bonchev–Trinajstić information content (AvgIpc) is 2.50. The monoisotopic (exact) mass is 290 g/mol. The van der Waals surface area contributed by atoms with Crippen molar-refractivity contribution in [2.75, 3.05) is 19.6 Å². The lowest BCUT2D eigenvalue weighted by molar-refractivity contribution is -0.128. The number of nitrogens with one attached hydrogen (secondary N) is 1. The summed E-state index contributed by atoms with van der Waals surface area (Å²) < 4.78 is 5.65. The fourth-order valence-electron chi connectivity index (χ4n) is 2.69. The van der Waals surface area contributed by atoms with Crippen LogP contribution in [0, 0.1) is 0 Å². The molecule has 1 amide bonds. The van der Waals surface area contributed by atoms with Crippen molar-refractivity contribution in [2.45, 2.75) is 45.3 Å². The molecule has 1 aliphatic heterocycles. The van der Waals surface area contributed by atoms with Gasteiger partial charge >= 0.3 is 0 Å². The molecule has 0 bridgehead atoms. The molecule has 1 aliphatic rings. The molecule has 4 nitrogen and oxygen atoms in total. The summed E-state index contributed by atoms with van der Waals surface area (Å²) in [6.45, 7) is 7.32. The first-order valence-electron chi connectivity index (χ1n) is 7.93. The summed E-state index contributed by atoms with van der Waals surface area (Å²) in [6, 6.07) is 9.77. The number of carbonyl (C=O) groups is 1. The third kappa shape index (κ3) is 5.05. The van der Waals surface area contributed by atoms with E-state index in [0.29, 0.717) is 0 Å². The molecular formula is C17H26N2O2. The zero-order valence-corrected chi connectivity index (χ0v) is 13.0. The maximum Gasteiger partial charge on any atom is 0.260 e. The minimum atomic E-state index is -0.457. The number of nitrogens with zero attached hydrogens (tertiary/aromatic N) is 1. The Bertz CT molecular complexity index is 428. The smallest absolute Gasteiger partial charge is 0.260 e. The van der Waals surface area contributed by atoms with Crippen LogP contribution in [0.1, 0.15) is 33.1 Å². The predicted molar refractivity (Wildman–Crippen MR) is 84.4 cm³/mol. The van der Waals surface area contributed by atoms with E-state index >= 15 is 0 Å². The Morgan fingerprint density at radius 2 is 2.00 bits per heavy atom. The first kappa shape index (κ1) is 15.8. The Balaban J connectivity index is 1.74. The van der Waals surface area contributed by atoms with Crippen LogP contribution < -0.4 is 10.1 Å². The van der Waals surface area contributed by atoms with Crippen molar-refractivity contribution in [1.82, 2.24) is 10.2 Å². The molecule has 1 heterocycles. The van der Waals surface area contributed by atoms with Gasteiger partial charge in [0.1, 0.15) is 5.75 Å². The van der Waals surface area contributed by atoms with Crippen molar-refractivity contribution >= 4 is 5.91 Å². The van der Waals surface area contributed by atoms with Crippen LogP contribution in [-0.4, -0.2) is 42.6 Å². The lowest BCUT2D eigenvalue weighted by Crippen LogP contribution is -2.48. The molecule has 0 aromatic heterocycles. The largest absolute Gasteiger partial charge is 0.481 e. The molecule has 1 N–H and O–H groups in total. The van der Waals surface area contributed by atoms with Gasteiger partial charge in [-0.25, -0.2) is 0 Å². The molecule has 0 aliphatic carbocycles. The van der Waals surface area contributed by atoms with Gasteiger partial charge in [0.2, 0.25) is 0 Å². The molecule has 0 saturated carbocycles. The number of hydrogen-bond acceptors (Lipinski definition) is 3. The highest BCUT2D eigenvalue weighted by Crippen LogP contribution is 2.13. The van der Waals surface area contributed by atoms with Crippen molar-refractivity contribution in [3.63, 3.8) is 0 Å². The Labute approximate surface area is 127 Å². The van der Waals surface area contributed by atoms with E-state index < -0.39 is 6.10 Å². The van der Waals surface area contributed by atoms with E-state index in [1.54, 1.807) is 6.92 Å². The van der Waals surface area contributed by atoms with Gasteiger partial charge in [-0.15, -0.1) is 0 Å². The summed E-state index contributed by atoms with van der Waals surface area (Å²) in [5.74, 6) is 0.714. The highest BCUT2D eigenvalue weighted by Gasteiger charge is 2.23. The van der Waals surface area contributed by atoms with Crippen LogP contribution in [-0.2, 0) is 4.79 Å².